The molecular formula is C7H7V2-. The zero-order chi connectivity index (χ0) is 4.24. The van der Waals surface area contributed by atoms with E-state index in [1.807, 2.05) is 24.3 Å². The summed E-state index contributed by atoms with van der Waals surface area (Å²) in [5.41, 5.74) is 0. The zero-order valence-electron chi connectivity index (χ0n) is 5.20. The van der Waals surface area contributed by atoms with E-state index in [-0.39, 0.29) is 44.5 Å². The Morgan fingerprint density at radius 3 is 1.11 bits per heavy atom. The van der Waals surface area contributed by atoms with Crippen molar-refractivity contribution in [1.29, 1.82) is 0 Å². The molecule has 0 saturated heterocycles. The van der Waals surface area contributed by atoms with Crippen LogP contribution in [0.25, 0.3) is 0 Å². The second kappa shape index (κ2) is 11.2. The third-order valence-electron chi connectivity index (χ3n) is 0.552. The molecule has 9 heavy (non-hydrogen) atoms. The Bertz CT molecular complexity index is 78.8. The molecule has 0 N–H and O–H groups in total. The molecule has 0 aliphatic carbocycles. The standard InChI is InChI=1S/C6H4.CH3.2V/c1-2-4-6-5-3-1;;;/h1-2,5-6H;1H3;;/q-2;-1;;+2. The van der Waals surface area contributed by atoms with E-state index in [0.717, 1.165) is 0 Å². The molecule has 0 heterocycles. The molecule has 1 rings (SSSR count). The minimum Gasteiger partial charge on any atom is -0.358 e. The summed E-state index contributed by atoms with van der Waals surface area (Å²) in [6.45, 7) is 0. The fourth-order valence-electron chi connectivity index (χ4n) is 0.304. The van der Waals surface area contributed by atoms with E-state index in [1.165, 1.54) is 0 Å². The first-order valence-corrected chi connectivity index (χ1v) is 1.82. The Kier molecular flexibility index (Phi) is 20.2. The summed E-state index contributed by atoms with van der Waals surface area (Å²) in [4.78, 5) is 0. The first kappa shape index (κ1) is 16.2. The third-order valence-corrected chi connectivity index (χ3v) is 0.552. The molecule has 0 spiro atoms. The third kappa shape index (κ3) is 8.39. The van der Waals surface area contributed by atoms with E-state index >= 15 is 0 Å². The smallest absolute Gasteiger partial charge is 0.358 e. The van der Waals surface area contributed by atoms with Crippen molar-refractivity contribution < 1.29 is 37.1 Å². The molecule has 0 saturated carbocycles. The Balaban J connectivity index is -0.000000120. The summed E-state index contributed by atoms with van der Waals surface area (Å²) in [5.74, 6) is 0. The van der Waals surface area contributed by atoms with Gasteiger partial charge >= 0.3 is 18.6 Å². The van der Waals surface area contributed by atoms with Crippen LogP contribution < -0.4 is 0 Å². The largest absolute Gasteiger partial charge is 2.00 e. The first-order chi connectivity index (χ1) is 3.00. The Morgan fingerprint density at radius 2 is 1.00 bits per heavy atom. The number of hydrogen-bond acceptors (Lipinski definition) is 0. The molecule has 0 fully saturated rings. The van der Waals surface area contributed by atoms with Crippen molar-refractivity contribution in [3.63, 3.8) is 0 Å². The van der Waals surface area contributed by atoms with Crippen LogP contribution in [0.2, 0.25) is 0 Å². The van der Waals surface area contributed by atoms with Crippen molar-refractivity contribution >= 4 is 0 Å². The molecule has 2 heteroatoms. The van der Waals surface area contributed by atoms with Gasteiger partial charge in [0.2, 0.25) is 0 Å². The van der Waals surface area contributed by atoms with Crippen LogP contribution in [0.15, 0.2) is 24.3 Å². The number of rotatable bonds is 0. The Morgan fingerprint density at radius 1 is 0.778 bits per heavy atom. The summed E-state index contributed by atoms with van der Waals surface area (Å²) in [6.07, 6.45) is 0. The summed E-state index contributed by atoms with van der Waals surface area (Å²) in [6, 6.07) is 13.0. The summed E-state index contributed by atoms with van der Waals surface area (Å²) >= 11 is 0. The maximum absolute atomic E-state index is 2.86. The molecular weight excluding hydrogens is 186 g/mol. The molecule has 2 radical (unpaired) electrons. The van der Waals surface area contributed by atoms with Crippen LogP contribution in [-0.4, -0.2) is 0 Å². The quantitative estimate of drug-likeness (QED) is 0.550. The van der Waals surface area contributed by atoms with Crippen molar-refractivity contribution in [2.75, 3.05) is 0 Å². The predicted molar refractivity (Wildman–Crippen MR) is 30.5 cm³/mol. The van der Waals surface area contributed by atoms with Gasteiger partial charge in [0.1, 0.15) is 0 Å². The van der Waals surface area contributed by atoms with Crippen LogP contribution >= 0.6 is 0 Å². The van der Waals surface area contributed by atoms with Crippen molar-refractivity contribution in [1.82, 2.24) is 0 Å². The summed E-state index contributed by atoms with van der Waals surface area (Å²) in [7, 11) is 0. The van der Waals surface area contributed by atoms with Crippen molar-refractivity contribution in [2.24, 2.45) is 0 Å². The molecule has 1 aromatic rings. The van der Waals surface area contributed by atoms with E-state index in [9.17, 15) is 0 Å². The number of benzene rings is 1. The SMILES string of the molecule is [CH3-].[V+2].[V].[c-]1cc[c-]cc1. The Labute approximate surface area is 80.8 Å². The van der Waals surface area contributed by atoms with Gasteiger partial charge in [-0.05, 0) is 0 Å². The zero-order valence-corrected chi connectivity index (χ0v) is 8.00. The second-order valence-electron chi connectivity index (χ2n) is 1.00. The minimum atomic E-state index is 0. The van der Waals surface area contributed by atoms with Gasteiger partial charge in [-0.25, -0.2) is 0 Å². The van der Waals surface area contributed by atoms with Crippen LogP contribution in [0.4, 0.5) is 0 Å². The topological polar surface area (TPSA) is 0 Å². The van der Waals surface area contributed by atoms with E-state index in [1.54, 1.807) is 0 Å². The molecule has 46 valence electrons. The molecule has 0 bridgehead atoms. The molecule has 0 nitrogen and oxygen atoms in total. The van der Waals surface area contributed by atoms with Gasteiger partial charge in [0.15, 0.2) is 0 Å². The van der Waals surface area contributed by atoms with Gasteiger partial charge in [-0.2, -0.15) is 0 Å². The van der Waals surface area contributed by atoms with Gasteiger partial charge in [0, 0.05) is 18.6 Å². The van der Waals surface area contributed by atoms with Crippen LogP contribution in [0, 0.1) is 19.6 Å². The van der Waals surface area contributed by atoms with Gasteiger partial charge < -0.3 is 19.6 Å². The second-order valence-corrected chi connectivity index (χ2v) is 1.00. The van der Waals surface area contributed by atoms with E-state index in [2.05, 4.69) is 12.1 Å². The molecule has 0 unspecified atom stereocenters. The fraction of sp³-hybridized carbons (Fsp3) is 0. The van der Waals surface area contributed by atoms with E-state index < -0.39 is 0 Å². The van der Waals surface area contributed by atoms with Crippen LogP contribution in [-0.2, 0) is 37.1 Å². The van der Waals surface area contributed by atoms with Gasteiger partial charge in [0.25, 0.3) is 0 Å². The molecule has 0 amide bonds. The maximum Gasteiger partial charge on any atom is 2.00 e. The van der Waals surface area contributed by atoms with Gasteiger partial charge in [-0.15, -0.1) is 0 Å². The average Bonchev–Trinajstić information content (AvgIpc) is 1.72. The molecule has 0 atom stereocenters. The first-order valence-electron chi connectivity index (χ1n) is 1.82. The van der Waals surface area contributed by atoms with E-state index in [4.69, 9.17) is 0 Å². The summed E-state index contributed by atoms with van der Waals surface area (Å²) < 4.78 is 0. The van der Waals surface area contributed by atoms with Gasteiger partial charge in [-0.1, -0.05) is 0 Å². The molecule has 1 aromatic carbocycles. The van der Waals surface area contributed by atoms with Gasteiger partial charge in [0.05, 0.1) is 0 Å². The minimum absolute atomic E-state index is 0. The number of hydrogen-bond donors (Lipinski definition) is 0. The van der Waals surface area contributed by atoms with Gasteiger partial charge in [-0.3, -0.25) is 24.3 Å². The molecule has 0 aliphatic rings. The summed E-state index contributed by atoms with van der Waals surface area (Å²) in [5, 5.41) is 0. The maximum atomic E-state index is 2.86. The molecule has 0 aromatic heterocycles. The predicted octanol–water partition coefficient (Wildman–Crippen LogP) is 1.73. The Hall–Kier alpha value is 0.389. The van der Waals surface area contributed by atoms with Crippen molar-refractivity contribution in [3.05, 3.63) is 43.8 Å². The van der Waals surface area contributed by atoms with Crippen LogP contribution in [0.3, 0.4) is 0 Å². The molecule has 0 aliphatic heterocycles. The van der Waals surface area contributed by atoms with E-state index in [0.29, 0.717) is 0 Å². The average molecular weight is 193 g/mol. The monoisotopic (exact) mass is 193 g/mol. The normalized spacial score (nSPS) is 5.33. The van der Waals surface area contributed by atoms with Crippen LogP contribution in [0.5, 0.6) is 0 Å². The fourth-order valence-corrected chi connectivity index (χ4v) is 0.304. The van der Waals surface area contributed by atoms with Crippen LogP contribution in [0.1, 0.15) is 0 Å². The van der Waals surface area contributed by atoms with Crippen molar-refractivity contribution in [2.45, 2.75) is 0 Å². The van der Waals surface area contributed by atoms with Crippen molar-refractivity contribution in [3.8, 4) is 0 Å².